The van der Waals surface area contributed by atoms with Crippen LogP contribution in [0, 0.1) is 17.7 Å². The Morgan fingerprint density at radius 1 is 1.13 bits per heavy atom. The van der Waals surface area contributed by atoms with E-state index >= 15 is 0 Å². The number of hydrogen-bond acceptors (Lipinski definition) is 3. The summed E-state index contributed by atoms with van der Waals surface area (Å²) in [4.78, 5) is 14.3. The molecule has 1 aromatic carbocycles. The van der Waals surface area contributed by atoms with Crippen LogP contribution in [-0.2, 0) is 9.53 Å². The van der Waals surface area contributed by atoms with Gasteiger partial charge in [0, 0.05) is 25.9 Å². The lowest BCUT2D eigenvalue weighted by atomic mass is 9.90. The van der Waals surface area contributed by atoms with Crippen LogP contribution in [0.3, 0.4) is 0 Å². The molecule has 1 atom stereocenters. The van der Waals surface area contributed by atoms with Gasteiger partial charge >= 0.3 is 0 Å². The summed E-state index contributed by atoms with van der Waals surface area (Å²) in [7, 11) is 0. The van der Waals surface area contributed by atoms with Crippen LogP contribution in [0.2, 0.25) is 0 Å². The summed E-state index contributed by atoms with van der Waals surface area (Å²) in [6, 6.07) is 6.91. The average Bonchev–Trinajstić information content (AvgIpc) is 2.68. The van der Waals surface area contributed by atoms with Crippen molar-refractivity contribution in [1.82, 2.24) is 4.90 Å². The van der Waals surface area contributed by atoms with E-state index in [1.807, 2.05) is 12.1 Å². The minimum absolute atomic E-state index is 0. The van der Waals surface area contributed by atoms with E-state index < -0.39 is 0 Å². The monoisotopic (exact) mass is 423 g/mol. The number of piperidine rings is 1. The number of hydrogen-bond donors (Lipinski definition) is 0. The summed E-state index contributed by atoms with van der Waals surface area (Å²) in [5.41, 5.74) is 1.24. The third-order valence-electron chi connectivity index (χ3n) is 5.18. The largest absolute Gasteiger partial charge is 0.366 e. The highest BCUT2D eigenvalue weighted by molar-refractivity contribution is 5.78. The predicted octanol–water partition coefficient (Wildman–Crippen LogP) is 7.06. The molecule has 1 aromatic rings. The summed E-state index contributed by atoms with van der Waals surface area (Å²) < 4.78 is 18.9. The second kappa shape index (κ2) is 16.4. The molecule has 0 amide bonds. The van der Waals surface area contributed by atoms with Gasteiger partial charge in [0.1, 0.15) is 11.6 Å². The zero-order valence-corrected chi connectivity index (χ0v) is 19.3. The van der Waals surface area contributed by atoms with Gasteiger partial charge in [-0.3, -0.25) is 9.69 Å². The zero-order chi connectivity index (χ0) is 21.6. The number of likely N-dealkylation sites (tertiary alicyclic amines) is 1. The number of Topliss-reactive ketones (excluding diaryl/α,β-unsaturated/α-hetero) is 1. The maximum Gasteiger partial charge on any atom is 0.133 e. The molecular weight excluding hydrogens is 377 g/mol. The minimum atomic E-state index is -0.170. The lowest BCUT2D eigenvalue weighted by Gasteiger charge is -2.32. The first kappa shape index (κ1) is 28.7. The van der Waals surface area contributed by atoms with Gasteiger partial charge < -0.3 is 4.74 Å². The molecule has 2 rings (SSSR count). The Hall–Kier alpha value is -1.26. The van der Waals surface area contributed by atoms with E-state index in [0.29, 0.717) is 43.8 Å². The molecule has 0 radical (unpaired) electrons. The molecule has 1 saturated heterocycles. The Balaban J connectivity index is 0.00000198. The lowest BCUT2D eigenvalue weighted by molar-refractivity contribution is -0.120. The SMILES string of the molecule is C.CC(C)CCC(=O)C[C@H](C)COCN1CCC(c2ccc(F)cc2)CC1.CCC. The van der Waals surface area contributed by atoms with Crippen molar-refractivity contribution < 1.29 is 13.9 Å². The molecule has 0 bridgehead atoms. The van der Waals surface area contributed by atoms with Crippen LogP contribution in [0.1, 0.15) is 92.1 Å². The first-order valence-corrected chi connectivity index (χ1v) is 11.4. The molecule has 0 spiro atoms. The fourth-order valence-electron chi connectivity index (χ4n) is 3.51. The van der Waals surface area contributed by atoms with Crippen LogP contribution in [0.4, 0.5) is 4.39 Å². The smallest absolute Gasteiger partial charge is 0.133 e. The van der Waals surface area contributed by atoms with E-state index in [1.165, 1.54) is 12.0 Å². The van der Waals surface area contributed by atoms with Gasteiger partial charge in [0.05, 0.1) is 13.3 Å². The van der Waals surface area contributed by atoms with Crippen molar-refractivity contribution in [3.05, 3.63) is 35.6 Å². The maximum absolute atomic E-state index is 13.0. The average molecular weight is 424 g/mol. The second-order valence-electron chi connectivity index (χ2n) is 8.93. The Morgan fingerprint density at radius 2 is 1.70 bits per heavy atom. The van der Waals surface area contributed by atoms with Gasteiger partial charge in [-0.15, -0.1) is 0 Å². The van der Waals surface area contributed by atoms with Gasteiger partial charge in [-0.05, 0) is 54.7 Å². The van der Waals surface area contributed by atoms with Crippen molar-refractivity contribution >= 4 is 5.78 Å². The third-order valence-corrected chi connectivity index (χ3v) is 5.18. The Bertz CT molecular complexity index is 551. The molecule has 1 aliphatic heterocycles. The number of rotatable bonds is 10. The molecule has 3 nitrogen and oxygen atoms in total. The molecule has 1 heterocycles. The second-order valence-corrected chi connectivity index (χ2v) is 8.93. The predicted molar refractivity (Wildman–Crippen MR) is 126 cm³/mol. The van der Waals surface area contributed by atoms with Crippen LogP contribution in [0.25, 0.3) is 0 Å². The van der Waals surface area contributed by atoms with Crippen LogP contribution in [0.5, 0.6) is 0 Å². The van der Waals surface area contributed by atoms with Crippen molar-refractivity contribution in [1.29, 1.82) is 0 Å². The van der Waals surface area contributed by atoms with Crippen LogP contribution in [-0.4, -0.2) is 37.1 Å². The summed E-state index contributed by atoms with van der Waals surface area (Å²) in [6.45, 7) is 13.9. The normalized spacial score (nSPS) is 15.8. The number of carbonyl (C=O) groups excluding carboxylic acids is 1. The van der Waals surface area contributed by atoms with Gasteiger partial charge in [-0.1, -0.05) is 60.6 Å². The maximum atomic E-state index is 13.0. The molecule has 1 fully saturated rings. The number of benzene rings is 1. The molecule has 0 N–H and O–H groups in total. The van der Waals surface area contributed by atoms with Gasteiger partial charge in [0.25, 0.3) is 0 Å². The molecule has 0 unspecified atom stereocenters. The molecule has 0 saturated carbocycles. The highest BCUT2D eigenvalue weighted by atomic mass is 19.1. The van der Waals surface area contributed by atoms with E-state index in [-0.39, 0.29) is 19.2 Å². The summed E-state index contributed by atoms with van der Waals surface area (Å²) in [5.74, 6) is 1.57. The van der Waals surface area contributed by atoms with E-state index in [4.69, 9.17) is 4.74 Å². The number of ether oxygens (including phenoxy) is 1. The van der Waals surface area contributed by atoms with E-state index in [0.717, 1.165) is 32.4 Å². The zero-order valence-electron chi connectivity index (χ0n) is 19.3. The van der Waals surface area contributed by atoms with E-state index in [1.54, 1.807) is 12.1 Å². The Kier molecular flexibility index (Phi) is 15.7. The van der Waals surface area contributed by atoms with Gasteiger partial charge in [0.15, 0.2) is 0 Å². The van der Waals surface area contributed by atoms with Crippen molar-refractivity contribution in [2.75, 3.05) is 26.4 Å². The molecule has 0 aromatic heterocycles. The summed E-state index contributed by atoms with van der Waals surface area (Å²) >= 11 is 0. The molecule has 174 valence electrons. The molecule has 4 heteroatoms. The van der Waals surface area contributed by atoms with Crippen molar-refractivity contribution in [3.63, 3.8) is 0 Å². The topological polar surface area (TPSA) is 29.5 Å². The lowest BCUT2D eigenvalue weighted by Crippen LogP contribution is -2.35. The standard InChI is InChI=1S/C22H34FNO2.C3H8.CH4/c1-17(2)4-9-22(25)14-18(3)15-26-16-24-12-10-20(11-13-24)19-5-7-21(23)8-6-19;1-3-2;/h5-8,17-18,20H,4,9-16H2,1-3H3;3H2,1-2H3;1H4/t18-;;/m0../s1. The molecule has 0 aliphatic carbocycles. The number of nitrogens with zero attached hydrogens (tertiary/aromatic N) is 1. The Labute approximate surface area is 185 Å². The summed E-state index contributed by atoms with van der Waals surface area (Å²) in [5, 5.41) is 0. The molecule has 1 aliphatic rings. The van der Waals surface area contributed by atoms with Crippen LogP contribution < -0.4 is 0 Å². The van der Waals surface area contributed by atoms with Gasteiger partial charge in [0.2, 0.25) is 0 Å². The quantitative estimate of drug-likeness (QED) is 0.403. The molecular formula is C26H46FNO2. The van der Waals surface area contributed by atoms with Crippen molar-refractivity contribution in [2.45, 2.75) is 86.5 Å². The van der Waals surface area contributed by atoms with Crippen molar-refractivity contribution in [3.8, 4) is 0 Å². The van der Waals surface area contributed by atoms with E-state index in [2.05, 4.69) is 39.5 Å². The number of halogens is 1. The fraction of sp³-hybridized carbons (Fsp3) is 0.731. The molecule has 30 heavy (non-hydrogen) atoms. The number of ketones is 1. The van der Waals surface area contributed by atoms with Crippen LogP contribution in [0.15, 0.2) is 24.3 Å². The highest BCUT2D eigenvalue weighted by Gasteiger charge is 2.20. The van der Waals surface area contributed by atoms with Crippen molar-refractivity contribution in [2.24, 2.45) is 11.8 Å². The van der Waals surface area contributed by atoms with Gasteiger partial charge in [-0.2, -0.15) is 0 Å². The fourth-order valence-corrected chi connectivity index (χ4v) is 3.51. The van der Waals surface area contributed by atoms with Gasteiger partial charge in [-0.25, -0.2) is 4.39 Å². The minimum Gasteiger partial charge on any atom is -0.366 e. The number of carbonyl (C=O) groups is 1. The first-order valence-electron chi connectivity index (χ1n) is 11.4. The van der Waals surface area contributed by atoms with Crippen LogP contribution >= 0.6 is 0 Å². The highest BCUT2D eigenvalue weighted by Crippen LogP contribution is 2.28. The first-order chi connectivity index (χ1) is 13.8. The Morgan fingerprint density at radius 3 is 2.23 bits per heavy atom. The van der Waals surface area contributed by atoms with E-state index in [9.17, 15) is 9.18 Å². The third kappa shape index (κ3) is 12.4. The summed E-state index contributed by atoms with van der Waals surface area (Å²) in [6.07, 6.45) is 5.71.